The third-order valence-corrected chi connectivity index (χ3v) is 3.38. The fourth-order valence-corrected chi connectivity index (χ4v) is 2.56. The maximum Gasteiger partial charge on any atom is 0.225 e. The zero-order valence-corrected chi connectivity index (χ0v) is 10.2. The third kappa shape index (κ3) is 3.08. The molecule has 2 fully saturated rings. The van der Waals surface area contributed by atoms with Crippen LogP contribution in [0.15, 0.2) is 0 Å². The van der Waals surface area contributed by atoms with Gasteiger partial charge in [0.1, 0.15) is 0 Å². The standard InChI is InChI=1S/C11H20N2O.ClH/c1-9-8-13(7-6-12-9)11(14)10-4-2-3-5-10;/h9-10,12H,2-8H2,1H3;1H/t9-;/m0./s1. The molecule has 1 heterocycles. The number of rotatable bonds is 1. The van der Waals surface area contributed by atoms with E-state index in [1.165, 1.54) is 12.8 Å². The highest BCUT2D eigenvalue weighted by Crippen LogP contribution is 2.26. The van der Waals surface area contributed by atoms with Crippen LogP contribution >= 0.6 is 12.4 Å². The molecule has 2 aliphatic rings. The summed E-state index contributed by atoms with van der Waals surface area (Å²) >= 11 is 0. The first kappa shape index (κ1) is 12.8. The molecule has 1 saturated carbocycles. The van der Waals surface area contributed by atoms with Gasteiger partial charge in [-0.15, -0.1) is 12.4 Å². The summed E-state index contributed by atoms with van der Waals surface area (Å²) < 4.78 is 0. The number of carbonyl (C=O) groups is 1. The van der Waals surface area contributed by atoms with E-state index >= 15 is 0 Å². The summed E-state index contributed by atoms with van der Waals surface area (Å²) in [6, 6.07) is 0.467. The molecule has 2 rings (SSSR count). The first-order valence-electron chi connectivity index (χ1n) is 5.79. The lowest BCUT2D eigenvalue weighted by atomic mass is 10.1. The largest absolute Gasteiger partial charge is 0.340 e. The minimum absolute atomic E-state index is 0. The van der Waals surface area contributed by atoms with E-state index in [9.17, 15) is 4.79 Å². The molecule has 1 amide bonds. The molecule has 0 aromatic carbocycles. The van der Waals surface area contributed by atoms with E-state index in [0.717, 1.165) is 32.5 Å². The van der Waals surface area contributed by atoms with Gasteiger partial charge in [0, 0.05) is 31.6 Å². The van der Waals surface area contributed by atoms with Crippen molar-refractivity contribution in [3.63, 3.8) is 0 Å². The number of hydrogen-bond donors (Lipinski definition) is 1. The van der Waals surface area contributed by atoms with E-state index < -0.39 is 0 Å². The molecule has 1 atom stereocenters. The fraction of sp³-hybridized carbons (Fsp3) is 0.909. The van der Waals surface area contributed by atoms with Gasteiger partial charge >= 0.3 is 0 Å². The predicted molar refractivity (Wildman–Crippen MR) is 63.3 cm³/mol. The number of amides is 1. The average Bonchev–Trinajstić information content (AvgIpc) is 2.69. The number of hydrogen-bond acceptors (Lipinski definition) is 2. The van der Waals surface area contributed by atoms with Gasteiger partial charge in [0.2, 0.25) is 5.91 Å². The average molecular weight is 233 g/mol. The minimum atomic E-state index is 0. The summed E-state index contributed by atoms with van der Waals surface area (Å²) in [4.78, 5) is 14.1. The van der Waals surface area contributed by atoms with Crippen molar-refractivity contribution < 1.29 is 4.79 Å². The topological polar surface area (TPSA) is 32.3 Å². The Morgan fingerprint density at radius 1 is 1.33 bits per heavy atom. The van der Waals surface area contributed by atoms with Crippen molar-refractivity contribution >= 4 is 18.3 Å². The van der Waals surface area contributed by atoms with Gasteiger partial charge in [-0.25, -0.2) is 0 Å². The summed E-state index contributed by atoms with van der Waals surface area (Å²) in [6.07, 6.45) is 4.74. The van der Waals surface area contributed by atoms with Crippen LogP contribution in [0.4, 0.5) is 0 Å². The van der Waals surface area contributed by atoms with Gasteiger partial charge in [0.05, 0.1) is 0 Å². The van der Waals surface area contributed by atoms with Crippen molar-refractivity contribution in [1.29, 1.82) is 0 Å². The van der Waals surface area contributed by atoms with Crippen LogP contribution in [0.5, 0.6) is 0 Å². The number of halogens is 1. The normalized spacial score (nSPS) is 27.5. The summed E-state index contributed by atoms with van der Waals surface area (Å²) in [5.74, 6) is 0.760. The summed E-state index contributed by atoms with van der Waals surface area (Å²) in [7, 11) is 0. The first-order valence-corrected chi connectivity index (χ1v) is 5.79. The smallest absolute Gasteiger partial charge is 0.225 e. The molecule has 3 nitrogen and oxygen atoms in total. The van der Waals surface area contributed by atoms with Gasteiger partial charge in [0.25, 0.3) is 0 Å². The number of nitrogens with zero attached hydrogens (tertiary/aromatic N) is 1. The Labute approximate surface area is 98.0 Å². The molecule has 1 aliphatic heterocycles. The van der Waals surface area contributed by atoms with Crippen molar-refractivity contribution in [1.82, 2.24) is 10.2 Å². The predicted octanol–water partition coefficient (Wildman–Crippen LogP) is 1.42. The quantitative estimate of drug-likeness (QED) is 0.742. The highest BCUT2D eigenvalue weighted by molar-refractivity contribution is 5.85. The van der Waals surface area contributed by atoms with Gasteiger partial charge in [0.15, 0.2) is 0 Å². The van der Waals surface area contributed by atoms with E-state index in [0.29, 0.717) is 17.9 Å². The lowest BCUT2D eigenvalue weighted by Gasteiger charge is -2.33. The Morgan fingerprint density at radius 2 is 2.00 bits per heavy atom. The van der Waals surface area contributed by atoms with E-state index in [-0.39, 0.29) is 12.4 Å². The number of nitrogens with one attached hydrogen (secondary N) is 1. The Balaban J connectivity index is 0.00000112. The Hall–Kier alpha value is -0.280. The Bertz CT molecular complexity index is 217. The Morgan fingerprint density at radius 3 is 2.60 bits per heavy atom. The maximum atomic E-state index is 12.0. The second-order valence-corrected chi connectivity index (χ2v) is 4.62. The van der Waals surface area contributed by atoms with Gasteiger partial charge in [-0.1, -0.05) is 12.8 Å². The van der Waals surface area contributed by atoms with Gasteiger partial charge in [-0.05, 0) is 19.8 Å². The zero-order chi connectivity index (χ0) is 9.97. The molecule has 15 heavy (non-hydrogen) atoms. The molecule has 1 saturated heterocycles. The lowest BCUT2D eigenvalue weighted by Crippen LogP contribution is -2.52. The first-order chi connectivity index (χ1) is 6.77. The van der Waals surface area contributed by atoms with Gasteiger partial charge in [-0.2, -0.15) is 0 Å². The van der Waals surface area contributed by atoms with Crippen LogP contribution in [-0.4, -0.2) is 36.5 Å². The fourth-order valence-electron chi connectivity index (χ4n) is 2.56. The molecule has 4 heteroatoms. The molecule has 1 aliphatic carbocycles. The molecule has 0 unspecified atom stereocenters. The molecule has 0 aromatic rings. The molecule has 88 valence electrons. The summed E-state index contributed by atoms with van der Waals surface area (Å²) in [5, 5.41) is 3.36. The van der Waals surface area contributed by atoms with Crippen LogP contribution in [0, 0.1) is 5.92 Å². The second-order valence-electron chi connectivity index (χ2n) is 4.62. The molecule has 0 bridgehead atoms. The SMILES string of the molecule is C[C@H]1CN(C(=O)C2CCCC2)CCN1.Cl. The molecule has 0 radical (unpaired) electrons. The van der Waals surface area contributed by atoms with Crippen LogP contribution < -0.4 is 5.32 Å². The van der Waals surface area contributed by atoms with E-state index in [2.05, 4.69) is 17.1 Å². The number of piperazine rings is 1. The van der Waals surface area contributed by atoms with E-state index in [1.54, 1.807) is 0 Å². The second kappa shape index (κ2) is 5.71. The van der Waals surface area contributed by atoms with Crippen LogP contribution in [-0.2, 0) is 4.79 Å². The molecular formula is C11H21ClN2O. The summed E-state index contributed by atoms with van der Waals surface area (Å²) in [5.41, 5.74) is 0. The van der Waals surface area contributed by atoms with Crippen LogP contribution in [0.2, 0.25) is 0 Å². The molecular weight excluding hydrogens is 212 g/mol. The Kier molecular flexibility index (Phi) is 4.87. The van der Waals surface area contributed by atoms with Crippen molar-refractivity contribution in [3.8, 4) is 0 Å². The summed E-state index contributed by atoms with van der Waals surface area (Å²) in [6.45, 7) is 4.91. The maximum absolute atomic E-state index is 12.0. The monoisotopic (exact) mass is 232 g/mol. The molecule has 0 aromatic heterocycles. The molecule has 0 spiro atoms. The molecule has 1 N–H and O–H groups in total. The van der Waals surface area contributed by atoms with Crippen LogP contribution in [0.25, 0.3) is 0 Å². The minimum Gasteiger partial charge on any atom is -0.340 e. The highest BCUT2D eigenvalue weighted by atomic mass is 35.5. The van der Waals surface area contributed by atoms with Crippen molar-refractivity contribution in [2.75, 3.05) is 19.6 Å². The van der Waals surface area contributed by atoms with Crippen LogP contribution in [0.3, 0.4) is 0 Å². The van der Waals surface area contributed by atoms with Gasteiger partial charge in [-0.3, -0.25) is 4.79 Å². The van der Waals surface area contributed by atoms with E-state index in [1.807, 2.05) is 0 Å². The third-order valence-electron chi connectivity index (χ3n) is 3.38. The van der Waals surface area contributed by atoms with E-state index in [4.69, 9.17) is 0 Å². The van der Waals surface area contributed by atoms with Crippen LogP contribution in [0.1, 0.15) is 32.6 Å². The van der Waals surface area contributed by atoms with Gasteiger partial charge < -0.3 is 10.2 Å². The number of carbonyl (C=O) groups excluding carboxylic acids is 1. The van der Waals surface area contributed by atoms with Crippen molar-refractivity contribution in [3.05, 3.63) is 0 Å². The zero-order valence-electron chi connectivity index (χ0n) is 9.37. The lowest BCUT2D eigenvalue weighted by molar-refractivity contribution is -0.136. The highest BCUT2D eigenvalue weighted by Gasteiger charge is 2.29. The van der Waals surface area contributed by atoms with Crippen molar-refractivity contribution in [2.45, 2.75) is 38.6 Å². The van der Waals surface area contributed by atoms with Crippen molar-refractivity contribution in [2.24, 2.45) is 5.92 Å².